The summed E-state index contributed by atoms with van der Waals surface area (Å²) in [6.45, 7) is 2.84. The SMILES string of the molecule is CC(N)c1ccccc1NS(=O)(=O)C1CCOCC1. The van der Waals surface area contributed by atoms with Crippen molar-refractivity contribution in [3.05, 3.63) is 29.8 Å². The average Bonchev–Trinajstić information content (AvgIpc) is 2.39. The molecule has 1 unspecified atom stereocenters. The third kappa shape index (κ3) is 3.46. The van der Waals surface area contributed by atoms with E-state index in [1.54, 1.807) is 12.1 Å². The van der Waals surface area contributed by atoms with Gasteiger partial charge in [0.15, 0.2) is 0 Å². The van der Waals surface area contributed by atoms with Crippen LogP contribution in [0.15, 0.2) is 24.3 Å². The minimum absolute atomic E-state index is 0.214. The molecule has 106 valence electrons. The van der Waals surface area contributed by atoms with Crippen LogP contribution >= 0.6 is 0 Å². The molecular weight excluding hydrogens is 264 g/mol. The van der Waals surface area contributed by atoms with Gasteiger partial charge in [-0.05, 0) is 31.4 Å². The number of anilines is 1. The minimum atomic E-state index is -3.38. The van der Waals surface area contributed by atoms with Crippen LogP contribution in [0.2, 0.25) is 0 Å². The zero-order valence-electron chi connectivity index (χ0n) is 11.0. The van der Waals surface area contributed by atoms with E-state index in [9.17, 15) is 8.42 Å². The van der Waals surface area contributed by atoms with Crippen molar-refractivity contribution >= 4 is 15.7 Å². The second-order valence-electron chi connectivity index (χ2n) is 4.83. The predicted molar refractivity (Wildman–Crippen MR) is 75.4 cm³/mol. The summed E-state index contributed by atoms with van der Waals surface area (Å²) in [5, 5.41) is -0.387. The molecule has 0 aliphatic carbocycles. The van der Waals surface area contributed by atoms with Gasteiger partial charge in [-0.15, -0.1) is 0 Å². The third-order valence-electron chi connectivity index (χ3n) is 3.31. The number of nitrogens with one attached hydrogen (secondary N) is 1. The molecule has 1 aliphatic heterocycles. The zero-order chi connectivity index (χ0) is 13.9. The van der Waals surface area contributed by atoms with Gasteiger partial charge in [-0.2, -0.15) is 0 Å². The summed E-state index contributed by atoms with van der Waals surface area (Å²) in [6.07, 6.45) is 1.07. The van der Waals surface area contributed by atoms with Gasteiger partial charge in [-0.3, -0.25) is 4.72 Å². The van der Waals surface area contributed by atoms with Crippen LogP contribution in [0.4, 0.5) is 5.69 Å². The highest BCUT2D eigenvalue weighted by molar-refractivity contribution is 7.93. The van der Waals surface area contributed by atoms with Gasteiger partial charge in [0.1, 0.15) is 0 Å². The topological polar surface area (TPSA) is 81.4 Å². The molecule has 0 spiro atoms. The summed E-state index contributed by atoms with van der Waals surface area (Å²) >= 11 is 0. The number of benzene rings is 1. The van der Waals surface area contributed by atoms with Crippen LogP contribution in [0.5, 0.6) is 0 Å². The van der Waals surface area contributed by atoms with Crippen LogP contribution in [-0.2, 0) is 14.8 Å². The van der Waals surface area contributed by atoms with E-state index in [0.717, 1.165) is 5.56 Å². The van der Waals surface area contributed by atoms with Crippen molar-refractivity contribution in [3.8, 4) is 0 Å². The number of hydrogen-bond acceptors (Lipinski definition) is 4. The molecule has 0 saturated carbocycles. The fourth-order valence-electron chi connectivity index (χ4n) is 2.21. The molecule has 0 amide bonds. The molecular formula is C13H20N2O3S. The van der Waals surface area contributed by atoms with Gasteiger partial charge in [0.25, 0.3) is 0 Å². The molecule has 0 aromatic heterocycles. The van der Waals surface area contributed by atoms with Gasteiger partial charge in [0.05, 0.1) is 10.9 Å². The molecule has 1 aliphatic rings. The lowest BCUT2D eigenvalue weighted by molar-refractivity contribution is 0.0984. The molecule has 6 heteroatoms. The maximum absolute atomic E-state index is 12.3. The highest BCUT2D eigenvalue weighted by Gasteiger charge is 2.28. The van der Waals surface area contributed by atoms with Crippen molar-refractivity contribution in [2.45, 2.75) is 31.1 Å². The Labute approximate surface area is 114 Å². The molecule has 0 bridgehead atoms. The molecule has 1 aromatic rings. The molecule has 1 saturated heterocycles. The van der Waals surface area contributed by atoms with E-state index in [0.29, 0.717) is 31.7 Å². The van der Waals surface area contributed by atoms with Gasteiger partial charge in [-0.1, -0.05) is 18.2 Å². The molecule has 1 atom stereocenters. The Hall–Kier alpha value is -1.11. The quantitative estimate of drug-likeness (QED) is 0.880. The molecule has 1 fully saturated rings. The predicted octanol–water partition coefficient (Wildman–Crippen LogP) is 1.63. The van der Waals surface area contributed by atoms with Crippen LogP contribution < -0.4 is 10.5 Å². The number of hydrogen-bond donors (Lipinski definition) is 2. The number of rotatable bonds is 4. The van der Waals surface area contributed by atoms with E-state index in [1.807, 2.05) is 19.1 Å². The summed E-state index contributed by atoms with van der Waals surface area (Å²) in [7, 11) is -3.38. The van der Waals surface area contributed by atoms with Gasteiger partial charge >= 0.3 is 0 Å². The number of sulfonamides is 1. The zero-order valence-corrected chi connectivity index (χ0v) is 11.8. The number of ether oxygens (including phenoxy) is 1. The number of para-hydroxylation sites is 1. The minimum Gasteiger partial charge on any atom is -0.381 e. The van der Waals surface area contributed by atoms with E-state index in [-0.39, 0.29) is 11.3 Å². The number of nitrogens with two attached hydrogens (primary N) is 1. The summed E-state index contributed by atoms with van der Waals surface area (Å²) in [6, 6.07) is 7.02. The van der Waals surface area contributed by atoms with Crippen molar-refractivity contribution < 1.29 is 13.2 Å². The average molecular weight is 284 g/mol. The van der Waals surface area contributed by atoms with Crippen LogP contribution in [-0.4, -0.2) is 26.9 Å². The molecule has 0 radical (unpaired) electrons. The largest absolute Gasteiger partial charge is 0.381 e. The van der Waals surface area contributed by atoms with Crippen LogP contribution in [0.25, 0.3) is 0 Å². The first-order valence-electron chi connectivity index (χ1n) is 6.44. The molecule has 1 aromatic carbocycles. The maximum atomic E-state index is 12.3. The molecule has 3 N–H and O–H groups in total. The summed E-state index contributed by atoms with van der Waals surface area (Å²) < 4.78 is 32.5. The highest BCUT2D eigenvalue weighted by atomic mass is 32.2. The molecule has 1 heterocycles. The van der Waals surface area contributed by atoms with Gasteiger partial charge < -0.3 is 10.5 Å². The Morgan fingerprint density at radius 1 is 1.32 bits per heavy atom. The lowest BCUT2D eigenvalue weighted by Crippen LogP contribution is -2.33. The van der Waals surface area contributed by atoms with Crippen LogP contribution in [0.3, 0.4) is 0 Å². The molecule has 5 nitrogen and oxygen atoms in total. The Kier molecular flexibility index (Phi) is 4.44. The van der Waals surface area contributed by atoms with Crippen LogP contribution in [0.1, 0.15) is 31.4 Å². The van der Waals surface area contributed by atoms with Crippen molar-refractivity contribution in [2.75, 3.05) is 17.9 Å². The first-order valence-corrected chi connectivity index (χ1v) is 7.99. The van der Waals surface area contributed by atoms with E-state index in [1.165, 1.54) is 0 Å². The Morgan fingerprint density at radius 2 is 1.95 bits per heavy atom. The summed E-state index contributed by atoms with van der Waals surface area (Å²) in [5.74, 6) is 0. The van der Waals surface area contributed by atoms with Crippen molar-refractivity contribution in [1.29, 1.82) is 0 Å². The summed E-state index contributed by atoms with van der Waals surface area (Å²) in [5.41, 5.74) is 7.23. The highest BCUT2D eigenvalue weighted by Crippen LogP contribution is 2.24. The third-order valence-corrected chi connectivity index (χ3v) is 5.16. The fourth-order valence-corrected chi connectivity index (χ4v) is 3.68. The summed E-state index contributed by atoms with van der Waals surface area (Å²) in [4.78, 5) is 0. The van der Waals surface area contributed by atoms with Gasteiger partial charge in [0.2, 0.25) is 10.0 Å². The van der Waals surface area contributed by atoms with Gasteiger partial charge in [0, 0.05) is 19.3 Å². The smallest absolute Gasteiger partial charge is 0.235 e. The Balaban J connectivity index is 2.20. The van der Waals surface area contributed by atoms with Crippen molar-refractivity contribution in [1.82, 2.24) is 0 Å². The second kappa shape index (κ2) is 5.90. The lowest BCUT2D eigenvalue weighted by atomic mass is 10.1. The van der Waals surface area contributed by atoms with E-state index in [2.05, 4.69) is 4.72 Å². The van der Waals surface area contributed by atoms with Crippen molar-refractivity contribution in [2.24, 2.45) is 5.73 Å². The first kappa shape index (κ1) is 14.3. The van der Waals surface area contributed by atoms with Crippen molar-refractivity contribution in [3.63, 3.8) is 0 Å². The molecule has 19 heavy (non-hydrogen) atoms. The standard InChI is InChI=1S/C13H20N2O3S/c1-10(14)12-4-2-3-5-13(12)15-19(16,17)11-6-8-18-9-7-11/h2-5,10-11,15H,6-9,14H2,1H3. The second-order valence-corrected chi connectivity index (χ2v) is 6.80. The van der Waals surface area contributed by atoms with E-state index < -0.39 is 10.0 Å². The maximum Gasteiger partial charge on any atom is 0.235 e. The van der Waals surface area contributed by atoms with Gasteiger partial charge in [-0.25, -0.2) is 8.42 Å². The van der Waals surface area contributed by atoms with E-state index in [4.69, 9.17) is 10.5 Å². The van der Waals surface area contributed by atoms with E-state index >= 15 is 0 Å². The Bertz CT molecular complexity index is 522. The normalized spacial score (nSPS) is 19.1. The monoisotopic (exact) mass is 284 g/mol. The first-order chi connectivity index (χ1) is 9.00. The fraction of sp³-hybridized carbons (Fsp3) is 0.538. The van der Waals surface area contributed by atoms with Crippen LogP contribution in [0, 0.1) is 0 Å². The Morgan fingerprint density at radius 3 is 2.58 bits per heavy atom. The lowest BCUT2D eigenvalue weighted by Gasteiger charge is -2.24. The molecule has 2 rings (SSSR count).